The van der Waals surface area contributed by atoms with E-state index in [0.717, 1.165) is 32.0 Å². The second-order valence-electron chi connectivity index (χ2n) is 6.09. The quantitative estimate of drug-likeness (QED) is 0.638. The highest BCUT2D eigenvalue weighted by Crippen LogP contribution is 2.24. The Hall–Kier alpha value is -0.490. The number of thiazole rings is 1. The van der Waals surface area contributed by atoms with E-state index in [4.69, 9.17) is 14.5 Å². The molecule has 1 aromatic heterocycles. The van der Waals surface area contributed by atoms with E-state index >= 15 is 0 Å². The predicted octanol–water partition coefficient (Wildman–Crippen LogP) is 2.80. The number of ether oxygens (including phenoxy) is 2. The van der Waals surface area contributed by atoms with Crippen LogP contribution in [0.15, 0.2) is 0 Å². The molecule has 0 spiro atoms. The second kappa shape index (κ2) is 8.83. The van der Waals surface area contributed by atoms with Crippen molar-refractivity contribution in [2.45, 2.75) is 52.1 Å². The number of hydrogen-bond donors (Lipinski definition) is 1. The highest BCUT2D eigenvalue weighted by molar-refractivity contribution is 7.11. The second-order valence-corrected chi connectivity index (χ2v) is 7.25. The normalized spacial score (nSPS) is 15.0. The first-order chi connectivity index (χ1) is 10.2. The highest BCUT2D eigenvalue weighted by atomic mass is 32.1. The molecule has 2 rings (SSSR count). The Balaban J connectivity index is 1.84. The van der Waals surface area contributed by atoms with Gasteiger partial charge in [0.25, 0.3) is 0 Å². The standard InChI is InChI=1S/C16H28N2O2S/c1-12(2)10-14-15(11-17-13-4-5-13)21-16(18-14)6-7-20-9-8-19-3/h12-13,17H,4-11H2,1-3H3. The van der Waals surface area contributed by atoms with Gasteiger partial charge in [-0.2, -0.15) is 0 Å². The fourth-order valence-electron chi connectivity index (χ4n) is 2.16. The Morgan fingerprint density at radius 2 is 2.10 bits per heavy atom. The molecule has 4 nitrogen and oxygen atoms in total. The topological polar surface area (TPSA) is 43.4 Å². The van der Waals surface area contributed by atoms with Gasteiger partial charge in [-0.05, 0) is 25.2 Å². The smallest absolute Gasteiger partial charge is 0.0954 e. The van der Waals surface area contributed by atoms with Crippen LogP contribution in [0.2, 0.25) is 0 Å². The van der Waals surface area contributed by atoms with Gasteiger partial charge in [-0.1, -0.05) is 13.8 Å². The van der Waals surface area contributed by atoms with E-state index in [1.54, 1.807) is 7.11 Å². The maximum absolute atomic E-state index is 5.54. The van der Waals surface area contributed by atoms with Crippen molar-refractivity contribution in [3.63, 3.8) is 0 Å². The molecule has 1 aromatic rings. The van der Waals surface area contributed by atoms with Crippen molar-refractivity contribution in [2.75, 3.05) is 26.9 Å². The molecule has 5 heteroatoms. The third kappa shape index (κ3) is 6.43. The Labute approximate surface area is 132 Å². The molecule has 0 unspecified atom stereocenters. The number of aromatic nitrogens is 1. The molecule has 21 heavy (non-hydrogen) atoms. The molecule has 1 fully saturated rings. The van der Waals surface area contributed by atoms with Crippen molar-refractivity contribution in [3.05, 3.63) is 15.6 Å². The number of methoxy groups -OCH3 is 1. The van der Waals surface area contributed by atoms with E-state index < -0.39 is 0 Å². The van der Waals surface area contributed by atoms with Gasteiger partial charge in [0.2, 0.25) is 0 Å². The lowest BCUT2D eigenvalue weighted by Gasteiger charge is -2.05. The average Bonchev–Trinajstić information content (AvgIpc) is 3.19. The number of nitrogens with zero attached hydrogens (tertiary/aromatic N) is 1. The van der Waals surface area contributed by atoms with Crippen LogP contribution in [0.1, 0.15) is 42.3 Å². The fourth-order valence-corrected chi connectivity index (χ4v) is 3.18. The first kappa shape index (κ1) is 16.9. The molecule has 0 radical (unpaired) electrons. The summed E-state index contributed by atoms with van der Waals surface area (Å²) < 4.78 is 10.5. The zero-order chi connectivity index (χ0) is 15.1. The van der Waals surface area contributed by atoms with Crippen LogP contribution in [-0.4, -0.2) is 38.0 Å². The molecular weight excluding hydrogens is 284 g/mol. The van der Waals surface area contributed by atoms with Crippen LogP contribution in [0, 0.1) is 5.92 Å². The van der Waals surface area contributed by atoms with Crippen molar-refractivity contribution >= 4 is 11.3 Å². The molecule has 1 heterocycles. The molecule has 1 N–H and O–H groups in total. The SMILES string of the molecule is COCCOCCc1nc(CC(C)C)c(CNC2CC2)s1. The molecule has 0 atom stereocenters. The third-order valence-electron chi connectivity index (χ3n) is 3.44. The Morgan fingerprint density at radius 1 is 1.29 bits per heavy atom. The molecule has 0 aromatic carbocycles. The van der Waals surface area contributed by atoms with Gasteiger partial charge >= 0.3 is 0 Å². The van der Waals surface area contributed by atoms with Gasteiger partial charge in [-0.3, -0.25) is 0 Å². The molecular formula is C16H28N2O2S. The van der Waals surface area contributed by atoms with Crippen molar-refractivity contribution < 1.29 is 9.47 Å². The lowest BCUT2D eigenvalue weighted by molar-refractivity contribution is 0.0722. The largest absolute Gasteiger partial charge is 0.382 e. The molecule has 0 aliphatic heterocycles. The van der Waals surface area contributed by atoms with Gasteiger partial charge < -0.3 is 14.8 Å². The van der Waals surface area contributed by atoms with E-state index in [2.05, 4.69) is 19.2 Å². The van der Waals surface area contributed by atoms with E-state index in [0.29, 0.717) is 19.1 Å². The zero-order valence-electron chi connectivity index (χ0n) is 13.5. The molecule has 0 bridgehead atoms. The Morgan fingerprint density at radius 3 is 2.76 bits per heavy atom. The number of rotatable bonds is 11. The minimum Gasteiger partial charge on any atom is -0.382 e. The zero-order valence-corrected chi connectivity index (χ0v) is 14.3. The minimum atomic E-state index is 0.651. The molecule has 1 saturated carbocycles. The van der Waals surface area contributed by atoms with Gasteiger partial charge in [0, 0.05) is 31.0 Å². The van der Waals surface area contributed by atoms with Crippen molar-refractivity contribution in [2.24, 2.45) is 5.92 Å². The van der Waals surface area contributed by atoms with Crippen LogP contribution in [0.25, 0.3) is 0 Å². The third-order valence-corrected chi connectivity index (χ3v) is 4.60. The van der Waals surface area contributed by atoms with Gasteiger partial charge in [-0.25, -0.2) is 4.98 Å². The molecule has 120 valence electrons. The van der Waals surface area contributed by atoms with Crippen LogP contribution < -0.4 is 5.32 Å². The van der Waals surface area contributed by atoms with Crippen LogP contribution >= 0.6 is 11.3 Å². The summed E-state index contributed by atoms with van der Waals surface area (Å²) in [5, 5.41) is 4.81. The Bertz CT molecular complexity index is 416. The van der Waals surface area contributed by atoms with Crippen LogP contribution in [-0.2, 0) is 28.9 Å². The maximum Gasteiger partial charge on any atom is 0.0954 e. The fraction of sp³-hybridized carbons (Fsp3) is 0.812. The van der Waals surface area contributed by atoms with E-state index in [9.17, 15) is 0 Å². The van der Waals surface area contributed by atoms with Gasteiger partial charge in [-0.15, -0.1) is 11.3 Å². The van der Waals surface area contributed by atoms with Crippen molar-refractivity contribution in [1.29, 1.82) is 0 Å². The minimum absolute atomic E-state index is 0.651. The van der Waals surface area contributed by atoms with E-state index in [1.165, 1.54) is 28.4 Å². The first-order valence-electron chi connectivity index (χ1n) is 7.96. The summed E-state index contributed by atoms with van der Waals surface area (Å²) in [7, 11) is 1.70. The number of nitrogens with one attached hydrogen (secondary N) is 1. The lowest BCUT2D eigenvalue weighted by Crippen LogP contribution is -2.15. The molecule has 0 saturated heterocycles. The lowest BCUT2D eigenvalue weighted by atomic mass is 10.1. The van der Waals surface area contributed by atoms with Crippen molar-refractivity contribution in [1.82, 2.24) is 10.3 Å². The van der Waals surface area contributed by atoms with E-state index in [-0.39, 0.29) is 0 Å². The van der Waals surface area contributed by atoms with Crippen LogP contribution in [0.4, 0.5) is 0 Å². The van der Waals surface area contributed by atoms with Crippen LogP contribution in [0.5, 0.6) is 0 Å². The molecule has 1 aliphatic carbocycles. The summed E-state index contributed by atoms with van der Waals surface area (Å²) in [5.74, 6) is 0.651. The Kier molecular flexibility index (Phi) is 7.10. The van der Waals surface area contributed by atoms with Gasteiger partial charge in [0.1, 0.15) is 0 Å². The van der Waals surface area contributed by atoms with E-state index in [1.807, 2.05) is 11.3 Å². The predicted molar refractivity (Wildman–Crippen MR) is 86.9 cm³/mol. The average molecular weight is 312 g/mol. The summed E-state index contributed by atoms with van der Waals surface area (Å²) in [6.07, 6.45) is 4.64. The van der Waals surface area contributed by atoms with Crippen molar-refractivity contribution in [3.8, 4) is 0 Å². The van der Waals surface area contributed by atoms with Gasteiger partial charge in [0.15, 0.2) is 0 Å². The number of hydrogen-bond acceptors (Lipinski definition) is 5. The summed E-state index contributed by atoms with van der Waals surface area (Å²) in [6.45, 7) is 7.54. The summed E-state index contributed by atoms with van der Waals surface area (Å²) in [5.41, 5.74) is 1.29. The summed E-state index contributed by atoms with van der Waals surface area (Å²) >= 11 is 1.85. The maximum atomic E-state index is 5.54. The first-order valence-corrected chi connectivity index (χ1v) is 8.78. The monoisotopic (exact) mass is 312 g/mol. The van der Waals surface area contributed by atoms with Crippen LogP contribution in [0.3, 0.4) is 0 Å². The highest BCUT2D eigenvalue weighted by Gasteiger charge is 2.21. The summed E-state index contributed by atoms with van der Waals surface area (Å²) in [4.78, 5) is 6.25. The molecule has 0 amide bonds. The molecule has 1 aliphatic rings. The van der Waals surface area contributed by atoms with Gasteiger partial charge in [0.05, 0.1) is 30.5 Å². The summed E-state index contributed by atoms with van der Waals surface area (Å²) in [6, 6.07) is 0.750.